The molecular weight excluding hydrogens is 393 g/mol. The molecule has 1 amide bonds. The molecule has 1 aliphatic rings. The summed E-state index contributed by atoms with van der Waals surface area (Å²) in [7, 11) is 0. The molecule has 1 N–H and O–H groups in total. The van der Waals surface area contributed by atoms with Gasteiger partial charge in [0.25, 0.3) is 5.91 Å². The van der Waals surface area contributed by atoms with Gasteiger partial charge in [-0.15, -0.1) is 0 Å². The van der Waals surface area contributed by atoms with Crippen LogP contribution in [0.4, 0.5) is 0 Å². The second-order valence-corrected chi connectivity index (χ2v) is 6.40. The van der Waals surface area contributed by atoms with Crippen LogP contribution in [0.5, 0.6) is 0 Å². The Morgan fingerprint density at radius 2 is 1.68 bits per heavy atom. The summed E-state index contributed by atoms with van der Waals surface area (Å²) in [5, 5.41) is 9.50. The zero-order chi connectivity index (χ0) is 15.7. The highest BCUT2D eigenvalue weighted by Crippen LogP contribution is 2.26. The van der Waals surface area contributed by atoms with Crippen LogP contribution in [0.2, 0.25) is 0 Å². The number of carboxylic acid groups (broad SMARTS) is 1. The number of halogens is 1. The van der Waals surface area contributed by atoms with Crippen molar-refractivity contribution in [3.63, 3.8) is 0 Å². The van der Waals surface area contributed by atoms with Gasteiger partial charge in [-0.1, -0.05) is 36.4 Å². The van der Waals surface area contributed by atoms with Crippen LogP contribution in [0, 0.1) is 3.57 Å². The molecule has 0 bridgehead atoms. The van der Waals surface area contributed by atoms with Crippen LogP contribution in [0.25, 0.3) is 0 Å². The van der Waals surface area contributed by atoms with E-state index in [2.05, 4.69) is 22.6 Å². The van der Waals surface area contributed by atoms with Crippen LogP contribution in [0.15, 0.2) is 48.5 Å². The van der Waals surface area contributed by atoms with E-state index in [1.807, 2.05) is 36.4 Å². The van der Waals surface area contributed by atoms with Gasteiger partial charge in [0, 0.05) is 16.5 Å². The molecule has 22 heavy (non-hydrogen) atoms. The SMILES string of the molecule is O=C(O)C1Cc2ccccc2CN1C(=O)c1ccccc1I. The Morgan fingerprint density at radius 3 is 2.36 bits per heavy atom. The maximum Gasteiger partial charge on any atom is 0.326 e. The lowest BCUT2D eigenvalue weighted by Crippen LogP contribution is -2.48. The number of rotatable bonds is 2. The van der Waals surface area contributed by atoms with Gasteiger partial charge >= 0.3 is 5.97 Å². The average Bonchev–Trinajstić information content (AvgIpc) is 2.53. The first-order valence-corrected chi connectivity index (χ1v) is 8.01. The Bertz CT molecular complexity index is 744. The number of carbonyl (C=O) groups excluding carboxylic acids is 1. The molecule has 0 fully saturated rings. The molecule has 1 heterocycles. The van der Waals surface area contributed by atoms with Gasteiger partial charge in [-0.3, -0.25) is 4.79 Å². The first-order valence-electron chi connectivity index (χ1n) is 6.93. The molecule has 3 rings (SSSR count). The van der Waals surface area contributed by atoms with Crippen molar-refractivity contribution >= 4 is 34.5 Å². The van der Waals surface area contributed by atoms with Crippen molar-refractivity contribution in [3.05, 3.63) is 68.8 Å². The molecule has 0 saturated carbocycles. The number of benzene rings is 2. The Morgan fingerprint density at radius 1 is 1.05 bits per heavy atom. The Balaban J connectivity index is 1.99. The predicted octanol–water partition coefficient (Wildman–Crippen LogP) is 2.94. The summed E-state index contributed by atoms with van der Waals surface area (Å²) in [6, 6.07) is 14.1. The van der Waals surface area contributed by atoms with Gasteiger partial charge in [-0.05, 0) is 45.9 Å². The van der Waals surface area contributed by atoms with Crippen LogP contribution < -0.4 is 0 Å². The van der Waals surface area contributed by atoms with E-state index in [-0.39, 0.29) is 5.91 Å². The third-order valence-corrected chi connectivity index (χ3v) is 4.84. The average molecular weight is 407 g/mol. The van der Waals surface area contributed by atoms with E-state index >= 15 is 0 Å². The third kappa shape index (κ3) is 2.72. The molecule has 1 aliphatic heterocycles. The summed E-state index contributed by atoms with van der Waals surface area (Å²) in [4.78, 5) is 25.9. The van der Waals surface area contributed by atoms with Crippen LogP contribution >= 0.6 is 22.6 Å². The summed E-state index contributed by atoms with van der Waals surface area (Å²) in [6.07, 6.45) is 0.348. The normalized spacial score (nSPS) is 17.0. The number of fused-ring (bicyclic) bond motifs is 1. The number of hydrogen-bond acceptors (Lipinski definition) is 2. The number of nitrogens with zero attached hydrogens (tertiary/aromatic N) is 1. The van der Waals surface area contributed by atoms with Crippen molar-refractivity contribution in [2.45, 2.75) is 19.0 Å². The summed E-state index contributed by atoms with van der Waals surface area (Å²) in [5.41, 5.74) is 2.56. The lowest BCUT2D eigenvalue weighted by Gasteiger charge is -2.34. The van der Waals surface area contributed by atoms with Crippen molar-refractivity contribution in [1.29, 1.82) is 0 Å². The Hall–Kier alpha value is -1.89. The fourth-order valence-electron chi connectivity index (χ4n) is 2.75. The number of aliphatic carboxylic acids is 1. The van der Waals surface area contributed by atoms with Gasteiger partial charge < -0.3 is 10.0 Å². The maximum atomic E-state index is 12.8. The molecule has 2 aromatic rings. The summed E-state index contributed by atoms with van der Waals surface area (Å²) >= 11 is 2.10. The van der Waals surface area contributed by atoms with Gasteiger partial charge in [-0.25, -0.2) is 4.79 Å². The predicted molar refractivity (Wildman–Crippen MR) is 90.6 cm³/mol. The minimum Gasteiger partial charge on any atom is -0.480 e. The third-order valence-electron chi connectivity index (χ3n) is 3.90. The van der Waals surface area contributed by atoms with Crippen molar-refractivity contribution in [2.24, 2.45) is 0 Å². The van der Waals surface area contributed by atoms with Crippen LogP contribution in [-0.4, -0.2) is 27.9 Å². The molecule has 0 spiro atoms. The standard InChI is InChI=1S/C17H14INO3/c18-14-8-4-3-7-13(14)16(20)19-10-12-6-2-1-5-11(12)9-15(19)17(21)22/h1-8,15H,9-10H2,(H,21,22). The van der Waals surface area contributed by atoms with Gasteiger partial charge in [0.1, 0.15) is 6.04 Å². The van der Waals surface area contributed by atoms with E-state index in [9.17, 15) is 14.7 Å². The van der Waals surface area contributed by atoms with E-state index in [1.165, 1.54) is 4.90 Å². The molecule has 5 heteroatoms. The Kier molecular flexibility index (Phi) is 4.15. The summed E-state index contributed by atoms with van der Waals surface area (Å²) < 4.78 is 0.827. The highest BCUT2D eigenvalue weighted by Gasteiger charge is 2.35. The van der Waals surface area contributed by atoms with Gasteiger partial charge in [0.05, 0.1) is 5.56 Å². The van der Waals surface area contributed by atoms with Gasteiger partial charge in [-0.2, -0.15) is 0 Å². The minimum absolute atomic E-state index is 0.230. The lowest BCUT2D eigenvalue weighted by atomic mass is 9.93. The van der Waals surface area contributed by atoms with Crippen LogP contribution in [0.1, 0.15) is 21.5 Å². The van der Waals surface area contributed by atoms with Crippen LogP contribution in [0.3, 0.4) is 0 Å². The molecule has 0 radical (unpaired) electrons. The minimum atomic E-state index is -0.964. The highest BCUT2D eigenvalue weighted by atomic mass is 127. The molecular formula is C17H14INO3. The molecule has 112 valence electrons. The van der Waals surface area contributed by atoms with E-state index in [0.29, 0.717) is 18.5 Å². The van der Waals surface area contributed by atoms with Gasteiger partial charge in [0.2, 0.25) is 0 Å². The van der Waals surface area contributed by atoms with Crippen molar-refractivity contribution in [1.82, 2.24) is 4.90 Å². The lowest BCUT2D eigenvalue weighted by molar-refractivity contribution is -0.142. The topological polar surface area (TPSA) is 57.6 Å². The number of amides is 1. The van der Waals surface area contributed by atoms with Crippen LogP contribution in [-0.2, 0) is 17.8 Å². The fraction of sp³-hybridized carbons (Fsp3) is 0.176. The quantitative estimate of drug-likeness (QED) is 0.780. The molecule has 1 atom stereocenters. The number of hydrogen-bond donors (Lipinski definition) is 1. The van der Waals surface area contributed by atoms with E-state index in [4.69, 9.17) is 0 Å². The number of carbonyl (C=O) groups is 2. The largest absolute Gasteiger partial charge is 0.480 e. The zero-order valence-electron chi connectivity index (χ0n) is 11.7. The number of carboxylic acids is 1. The molecule has 4 nitrogen and oxygen atoms in total. The fourth-order valence-corrected chi connectivity index (χ4v) is 3.36. The Labute approximate surface area is 141 Å². The molecule has 2 aromatic carbocycles. The summed E-state index contributed by atoms with van der Waals surface area (Å²) in [6.45, 7) is 0.330. The molecule has 0 aliphatic carbocycles. The first-order chi connectivity index (χ1) is 10.6. The van der Waals surface area contributed by atoms with E-state index < -0.39 is 12.0 Å². The molecule has 1 unspecified atom stereocenters. The highest BCUT2D eigenvalue weighted by molar-refractivity contribution is 14.1. The second kappa shape index (κ2) is 6.08. The summed E-state index contributed by atoms with van der Waals surface area (Å²) in [5.74, 6) is -1.19. The molecule has 0 aromatic heterocycles. The molecule has 0 saturated heterocycles. The van der Waals surface area contributed by atoms with Crippen molar-refractivity contribution < 1.29 is 14.7 Å². The van der Waals surface area contributed by atoms with E-state index in [0.717, 1.165) is 14.7 Å². The van der Waals surface area contributed by atoms with Crippen molar-refractivity contribution in [2.75, 3.05) is 0 Å². The smallest absolute Gasteiger partial charge is 0.326 e. The van der Waals surface area contributed by atoms with Crippen molar-refractivity contribution in [3.8, 4) is 0 Å². The second-order valence-electron chi connectivity index (χ2n) is 5.24. The maximum absolute atomic E-state index is 12.8. The monoisotopic (exact) mass is 407 g/mol. The van der Waals surface area contributed by atoms with E-state index in [1.54, 1.807) is 12.1 Å². The first kappa shape index (κ1) is 15.0. The zero-order valence-corrected chi connectivity index (χ0v) is 13.9. The van der Waals surface area contributed by atoms with Gasteiger partial charge in [0.15, 0.2) is 0 Å².